The normalized spacial score (nSPS) is 19.8. The predicted molar refractivity (Wildman–Crippen MR) is 95.9 cm³/mol. The molecule has 0 aromatic heterocycles. The summed E-state index contributed by atoms with van der Waals surface area (Å²) in [5, 5.41) is 0. The number of likely N-dealkylation sites (tertiary alicyclic amines) is 1. The summed E-state index contributed by atoms with van der Waals surface area (Å²) >= 11 is 0. The van der Waals surface area contributed by atoms with Crippen molar-refractivity contribution in [3.05, 3.63) is 35.4 Å². The highest BCUT2D eigenvalue weighted by atomic mass is 32.2. The van der Waals surface area contributed by atoms with Gasteiger partial charge in [-0.05, 0) is 51.3 Å². The van der Waals surface area contributed by atoms with E-state index in [9.17, 15) is 8.42 Å². The lowest BCUT2D eigenvalue weighted by molar-refractivity contribution is 0.143. The van der Waals surface area contributed by atoms with Crippen LogP contribution in [0, 0.1) is 6.92 Å². The number of hydrogen-bond donors (Lipinski definition) is 1. The van der Waals surface area contributed by atoms with E-state index in [1.54, 1.807) is 0 Å². The van der Waals surface area contributed by atoms with Crippen molar-refractivity contribution in [3.63, 3.8) is 0 Å². The third-order valence-electron chi connectivity index (χ3n) is 4.64. The lowest BCUT2D eigenvalue weighted by Crippen LogP contribution is -2.40. The zero-order chi connectivity index (χ0) is 16.7. The predicted octanol–water partition coefficient (Wildman–Crippen LogP) is 3.07. The zero-order valence-electron chi connectivity index (χ0n) is 14.4. The van der Waals surface area contributed by atoms with Gasteiger partial charge in [0.25, 0.3) is 0 Å². The molecule has 1 saturated heterocycles. The Hall–Kier alpha value is -0.910. The van der Waals surface area contributed by atoms with Crippen LogP contribution in [-0.4, -0.2) is 39.0 Å². The molecule has 1 atom stereocenters. The van der Waals surface area contributed by atoms with Crippen LogP contribution in [0.4, 0.5) is 0 Å². The van der Waals surface area contributed by atoms with Gasteiger partial charge in [-0.25, -0.2) is 13.1 Å². The van der Waals surface area contributed by atoms with Crippen LogP contribution in [0.25, 0.3) is 0 Å². The van der Waals surface area contributed by atoms with Crippen LogP contribution < -0.4 is 4.72 Å². The van der Waals surface area contributed by atoms with Gasteiger partial charge >= 0.3 is 0 Å². The van der Waals surface area contributed by atoms with E-state index in [4.69, 9.17) is 0 Å². The highest BCUT2D eigenvalue weighted by Gasteiger charge is 2.20. The number of rotatable bonds is 8. The number of sulfonamides is 1. The van der Waals surface area contributed by atoms with Gasteiger partial charge in [0.05, 0.1) is 5.75 Å². The molecule has 1 fully saturated rings. The van der Waals surface area contributed by atoms with E-state index in [-0.39, 0.29) is 5.75 Å². The van der Waals surface area contributed by atoms with Crippen LogP contribution in [0.1, 0.15) is 50.2 Å². The van der Waals surface area contributed by atoms with Crippen LogP contribution in [0.2, 0.25) is 0 Å². The van der Waals surface area contributed by atoms with Crippen LogP contribution >= 0.6 is 0 Å². The van der Waals surface area contributed by atoms with Gasteiger partial charge in [0.15, 0.2) is 0 Å². The molecule has 1 aromatic carbocycles. The van der Waals surface area contributed by atoms with Crippen molar-refractivity contribution in [2.75, 3.05) is 19.6 Å². The minimum absolute atomic E-state index is 0.0641. The number of nitrogens with one attached hydrogen (secondary N) is 1. The topological polar surface area (TPSA) is 49.4 Å². The number of piperidine rings is 1. The summed E-state index contributed by atoms with van der Waals surface area (Å²) in [4.78, 5) is 2.53. The maximum absolute atomic E-state index is 12.1. The van der Waals surface area contributed by atoms with E-state index >= 15 is 0 Å². The van der Waals surface area contributed by atoms with Crippen molar-refractivity contribution in [1.29, 1.82) is 0 Å². The summed E-state index contributed by atoms with van der Waals surface area (Å²) in [5.74, 6) is 0.0641. The first-order valence-corrected chi connectivity index (χ1v) is 10.4. The van der Waals surface area contributed by atoms with Crippen LogP contribution in [0.3, 0.4) is 0 Å². The van der Waals surface area contributed by atoms with Crippen molar-refractivity contribution >= 4 is 10.0 Å². The number of hydrogen-bond acceptors (Lipinski definition) is 3. The van der Waals surface area contributed by atoms with Crippen LogP contribution in [-0.2, 0) is 15.8 Å². The fraction of sp³-hybridized carbons (Fsp3) is 0.667. The van der Waals surface area contributed by atoms with E-state index in [1.165, 1.54) is 25.7 Å². The molecular weight excluding hydrogens is 308 g/mol. The molecule has 0 saturated carbocycles. The minimum Gasteiger partial charge on any atom is -0.300 e. The monoisotopic (exact) mass is 338 g/mol. The summed E-state index contributed by atoms with van der Waals surface area (Å²) in [6.45, 7) is 6.93. The average Bonchev–Trinajstić information content (AvgIpc) is 2.54. The molecule has 4 nitrogen and oxygen atoms in total. The SMILES string of the molecule is CC[C@@H]1CCCCN1CCCNS(=O)(=O)Cc1ccc(C)cc1. The van der Waals surface area contributed by atoms with Crippen LogP contribution in [0.5, 0.6) is 0 Å². The molecule has 1 aliphatic heterocycles. The highest BCUT2D eigenvalue weighted by molar-refractivity contribution is 7.88. The Kier molecular flexibility index (Phi) is 7.06. The molecule has 1 N–H and O–H groups in total. The molecule has 0 radical (unpaired) electrons. The number of benzene rings is 1. The first-order chi connectivity index (χ1) is 11.0. The highest BCUT2D eigenvalue weighted by Crippen LogP contribution is 2.19. The fourth-order valence-corrected chi connectivity index (χ4v) is 4.47. The Morgan fingerprint density at radius 2 is 1.96 bits per heavy atom. The van der Waals surface area contributed by atoms with Crippen molar-refractivity contribution < 1.29 is 8.42 Å². The largest absolute Gasteiger partial charge is 0.300 e. The van der Waals surface area contributed by atoms with E-state index in [0.717, 1.165) is 30.6 Å². The molecule has 1 heterocycles. The Morgan fingerprint density at radius 1 is 1.22 bits per heavy atom. The molecule has 0 spiro atoms. The van der Waals surface area contributed by atoms with Gasteiger partial charge in [-0.1, -0.05) is 43.2 Å². The second-order valence-corrected chi connectivity index (χ2v) is 8.39. The summed E-state index contributed by atoms with van der Waals surface area (Å²) in [6.07, 6.45) is 5.96. The molecule has 1 aromatic rings. The second-order valence-electron chi connectivity index (χ2n) is 6.59. The van der Waals surface area contributed by atoms with E-state index in [2.05, 4.69) is 16.5 Å². The first-order valence-electron chi connectivity index (χ1n) is 8.77. The fourth-order valence-electron chi connectivity index (χ4n) is 3.28. The maximum Gasteiger partial charge on any atom is 0.215 e. The van der Waals surface area contributed by atoms with Gasteiger partial charge in [-0.2, -0.15) is 0 Å². The molecule has 23 heavy (non-hydrogen) atoms. The van der Waals surface area contributed by atoms with E-state index in [1.807, 2.05) is 31.2 Å². The van der Waals surface area contributed by atoms with Crippen molar-refractivity contribution in [2.24, 2.45) is 0 Å². The Morgan fingerprint density at radius 3 is 2.65 bits per heavy atom. The third-order valence-corrected chi connectivity index (χ3v) is 6.00. The lowest BCUT2D eigenvalue weighted by Gasteiger charge is -2.35. The Bertz CT molecular complexity index is 569. The lowest BCUT2D eigenvalue weighted by atomic mass is 10.00. The van der Waals surface area contributed by atoms with Gasteiger partial charge in [0.2, 0.25) is 10.0 Å². The first kappa shape index (κ1) is 18.4. The second kappa shape index (κ2) is 8.81. The van der Waals surface area contributed by atoms with Gasteiger partial charge in [-0.15, -0.1) is 0 Å². The Labute approximate surface area is 141 Å². The molecule has 0 aliphatic carbocycles. The molecule has 0 bridgehead atoms. The smallest absolute Gasteiger partial charge is 0.215 e. The van der Waals surface area contributed by atoms with Crippen molar-refractivity contribution in [3.8, 4) is 0 Å². The molecule has 0 unspecified atom stereocenters. The van der Waals surface area contributed by atoms with Gasteiger partial charge in [0, 0.05) is 12.6 Å². The number of nitrogens with zero attached hydrogens (tertiary/aromatic N) is 1. The van der Waals surface area contributed by atoms with Gasteiger partial charge in [-0.3, -0.25) is 0 Å². The molecule has 2 rings (SSSR count). The molecule has 5 heteroatoms. The standard InChI is InChI=1S/C18H30N2O2S/c1-3-18-7-4-5-13-20(18)14-6-12-19-23(21,22)15-17-10-8-16(2)9-11-17/h8-11,18-19H,3-7,12-15H2,1-2H3/t18-/m1/s1. The average molecular weight is 339 g/mol. The van der Waals surface area contributed by atoms with Crippen molar-refractivity contribution in [1.82, 2.24) is 9.62 Å². The van der Waals surface area contributed by atoms with Crippen LogP contribution in [0.15, 0.2) is 24.3 Å². The molecule has 0 amide bonds. The van der Waals surface area contributed by atoms with E-state index in [0.29, 0.717) is 12.6 Å². The minimum atomic E-state index is -3.24. The Balaban J connectivity index is 1.73. The molecule has 130 valence electrons. The quantitative estimate of drug-likeness (QED) is 0.741. The van der Waals surface area contributed by atoms with Crippen molar-refractivity contribution in [2.45, 2.75) is 57.7 Å². The van der Waals surface area contributed by atoms with E-state index < -0.39 is 10.0 Å². The summed E-state index contributed by atoms with van der Waals surface area (Å²) < 4.78 is 27.0. The maximum atomic E-state index is 12.1. The van der Waals surface area contributed by atoms with Gasteiger partial charge < -0.3 is 4.90 Å². The summed E-state index contributed by atoms with van der Waals surface area (Å²) in [6, 6.07) is 8.36. The summed E-state index contributed by atoms with van der Waals surface area (Å²) in [5.41, 5.74) is 1.98. The zero-order valence-corrected chi connectivity index (χ0v) is 15.2. The third kappa shape index (κ3) is 6.24. The van der Waals surface area contributed by atoms with Gasteiger partial charge in [0.1, 0.15) is 0 Å². The molecular formula is C18H30N2O2S. The summed E-state index contributed by atoms with van der Waals surface area (Å²) in [7, 11) is -3.24. The number of aryl methyl sites for hydroxylation is 1. The molecule has 1 aliphatic rings.